The molecule has 0 spiro atoms. The Hall–Kier alpha value is -2.54. The van der Waals surface area contributed by atoms with E-state index in [-0.39, 0.29) is 5.41 Å². The molecule has 132 valence electrons. The van der Waals surface area contributed by atoms with E-state index in [1.54, 1.807) is 6.21 Å². The Bertz CT molecular complexity index is 783. The molecule has 7 heteroatoms. The number of H-pyrrole nitrogens is 1. The lowest BCUT2D eigenvalue weighted by atomic mass is 9.92. The number of hydrogen-bond donors (Lipinski definition) is 4. The molecule has 0 saturated heterocycles. The number of rotatable bonds is 6. The van der Waals surface area contributed by atoms with Gasteiger partial charge < -0.3 is 16.4 Å². The van der Waals surface area contributed by atoms with Gasteiger partial charge in [0, 0.05) is 29.1 Å². The lowest BCUT2D eigenvalue weighted by molar-refractivity contribution is 0.567. The number of aromatic amines is 1. The summed E-state index contributed by atoms with van der Waals surface area (Å²) in [7, 11) is 0. The molecule has 0 radical (unpaired) electrons. The topological polar surface area (TPSA) is 91.1 Å². The van der Waals surface area contributed by atoms with Crippen molar-refractivity contribution in [1.29, 1.82) is 0 Å². The summed E-state index contributed by atoms with van der Waals surface area (Å²) in [4.78, 5) is 4.24. The number of anilines is 2. The average molecular weight is 403 g/mol. The van der Waals surface area contributed by atoms with Gasteiger partial charge in [-0.3, -0.25) is 5.10 Å². The standard InChI is InChI=1S/C18H23BrN6/c1-12(22-13-8-6-5-7-9-13)21-11-14(19)17(20)23-16-10-15(24-25-16)18(2,3)4/h5-11,22H,1,20H2,2-4H3,(H2,23,24,25)/b17-14-,21-11-. The van der Waals surface area contributed by atoms with Crippen molar-refractivity contribution < 1.29 is 0 Å². The van der Waals surface area contributed by atoms with E-state index in [9.17, 15) is 0 Å². The Morgan fingerprint density at radius 3 is 2.56 bits per heavy atom. The minimum atomic E-state index is -0.00898. The van der Waals surface area contributed by atoms with E-state index >= 15 is 0 Å². The van der Waals surface area contributed by atoms with Gasteiger partial charge in [-0.1, -0.05) is 45.5 Å². The van der Waals surface area contributed by atoms with Crippen LogP contribution in [0.5, 0.6) is 0 Å². The molecule has 0 bridgehead atoms. The zero-order valence-electron chi connectivity index (χ0n) is 14.6. The van der Waals surface area contributed by atoms with Crippen molar-refractivity contribution in [1.82, 2.24) is 10.2 Å². The number of aliphatic imine (C=N–C) groups is 1. The number of hydrogen-bond acceptors (Lipinski definition) is 5. The first-order valence-corrected chi connectivity index (χ1v) is 8.58. The van der Waals surface area contributed by atoms with Gasteiger partial charge in [0.2, 0.25) is 0 Å². The van der Waals surface area contributed by atoms with Gasteiger partial charge in [0.25, 0.3) is 0 Å². The molecule has 6 nitrogen and oxygen atoms in total. The number of para-hydroxylation sites is 1. The fraction of sp³-hybridized carbons (Fsp3) is 0.222. The van der Waals surface area contributed by atoms with E-state index in [4.69, 9.17) is 5.73 Å². The molecule has 0 saturated carbocycles. The number of nitrogens with zero attached hydrogens (tertiary/aromatic N) is 2. The SMILES string of the molecule is C=C(/N=C\C(Br)=C(/N)Nc1cc(C(C)(C)C)[nH]n1)Nc1ccccc1. The summed E-state index contributed by atoms with van der Waals surface area (Å²) in [6, 6.07) is 11.6. The minimum Gasteiger partial charge on any atom is -0.384 e. The molecule has 0 amide bonds. The predicted octanol–water partition coefficient (Wildman–Crippen LogP) is 4.30. The van der Waals surface area contributed by atoms with Gasteiger partial charge >= 0.3 is 0 Å². The molecule has 2 rings (SSSR count). The Kier molecular flexibility index (Phi) is 6.03. The molecule has 2 aromatic rings. The van der Waals surface area contributed by atoms with Crippen LogP contribution in [0.15, 0.2) is 64.1 Å². The second kappa shape index (κ2) is 8.02. The molecular formula is C18H23BrN6. The van der Waals surface area contributed by atoms with Crippen molar-refractivity contribution in [2.24, 2.45) is 10.7 Å². The van der Waals surface area contributed by atoms with Crippen molar-refractivity contribution in [2.45, 2.75) is 26.2 Å². The summed E-state index contributed by atoms with van der Waals surface area (Å²) >= 11 is 3.40. The first-order chi connectivity index (χ1) is 11.8. The third-order valence-corrected chi connectivity index (χ3v) is 3.93. The van der Waals surface area contributed by atoms with Gasteiger partial charge in [-0.25, -0.2) is 4.99 Å². The van der Waals surface area contributed by atoms with E-state index < -0.39 is 0 Å². The van der Waals surface area contributed by atoms with Crippen molar-refractivity contribution in [2.75, 3.05) is 10.6 Å². The highest BCUT2D eigenvalue weighted by Crippen LogP contribution is 2.22. The normalized spacial score (nSPS) is 12.8. The predicted molar refractivity (Wildman–Crippen MR) is 109 cm³/mol. The lowest BCUT2D eigenvalue weighted by Crippen LogP contribution is -2.12. The van der Waals surface area contributed by atoms with Gasteiger partial charge in [0.05, 0.1) is 4.48 Å². The molecule has 25 heavy (non-hydrogen) atoms. The smallest absolute Gasteiger partial charge is 0.153 e. The third-order valence-electron chi connectivity index (χ3n) is 3.30. The van der Waals surface area contributed by atoms with Crippen LogP contribution < -0.4 is 16.4 Å². The van der Waals surface area contributed by atoms with Crippen LogP contribution in [0.1, 0.15) is 26.5 Å². The second-order valence-corrected chi connectivity index (χ2v) is 7.35. The summed E-state index contributed by atoms with van der Waals surface area (Å²) in [5.41, 5.74) is 7.96. The fourth-order valence-electron chi connectivity index (χ4n) is 1.89. The van der Waals surface area contributed by atoms with Crippen LogP contribution >= 0.6 is 15.9 Å². The minimum absolute atomic E-state index is 0.00898. The molecule has 5 N–H and O–H groups in total. The first-order valence-electron chi connectivity index (χ1n) is 7.79. The Morgan fingerprint density at radius 2 is 1.96 bits per heavy atom. The van der Waals surface area contributed by atoms with Crippen molar-refractivity contribution in [3.05, 3.63) is 64.8 Å². The maximum absolute atomic E-state index is 6.03. The van der Waals surface area contributed by atoms with Crippen LogP contribution in [0.2, 0.25) is 0 Å². The molecule has 0 aliphatic carbocycles. The van der Waals surface area contributed by atoms with Gasteiger partial charge in [-0.2, -0.15) is 5.10 Å². The fourth-order valence-corrected chi connectivity index (χ4v) is 2.09. The molecule has 1 aromatic carbocycles. The zero-order chi connectivity index (χ0) is 18.4. The third kappa shape index (κ3) is 5.79. The summed E-state index contributed by atoms with van der Waals surface area (Å²) < 4.78 is 0.601. The van der Waals surface area contributed by atoms with Crippen LogP contribution in [0.25, 0.3) is 0 Å². The summed E-state index contributed by atoms with van der Waals surface area (Å²) in [5, 5.41) is 13.3. The molecule has 1 aromatic heterocycles. The number of nitrogens with two attached hydrogens (primary N) is 1. The number of aromatic nitrogens is 2. The molecule has 0 aliphatic rings. The van der Waals surface area contributed by atoms with E-state index in [2.05, 4.69) is 69.1 Å². The first kappa shape index (κ1) is 18.8. The lowest BCUT2D eigenvalue weighted by Gasteiger charge is -2.14. The van der Waals surface area contributed by atoms with Crippen molar-refractivity contribution >= 4 is 33.6 Å². The average Bonchev–Trinajstić information content (AvgIpc) is 3.02. The summed E-state index contributed by atoms with van der Waals surface area (Å²) in [5.74, 6) is 1.56. The number of nitrogens with one attached hydrogen (secondary N) is 3. The van der Waals surface area contributed by atoms with E-state index in [0.29, 0.717) is 21.9 Å². The second-order valence-electron chi connectivity index (χ2n) is 6.50. The van der Waals surface area contributed by atoms with Crippen LogP contribution in [-0.2, 0) is 5.41 Å². The quantitative estimate of drug-likeness (QED) is 0.542. The summed E-state index contributed by atoms with van der Waals surface area (Å²) in [6.45, 7) is 10.2. The maximum Gasteiger partial charge on any atom is 0.153 e. The van der Waals surface area contributed by atoms with Gasteiger partial charge in [0.1, 0.15) is 11.6 Å². The Labute approximate surface area is 156 Å². The molecule has 0 unspecified atom stereocenters. The highest BCUT2D eigenvalue weighted by Gasteiger charge is 2.16. The monoisotopic (exact) mass is 402 g/mol. The highest BCUT2D eigenvalue weighted by atomic mass is 79.9. The van der Waals surface area contributed by atoms with E-state index in [1.165, 1.54) is 0 Å². The Morgan fingerprint density at radius 1 is 1.28 bits per heavy atom. The van der Waals surface area contributed by atoms with E-state index in [1.807, 2.05) is 36.4 Å². The number of halogens is 1. The van der Waals surface area contributed by atoms with Crippen LogP contribution in [0.3, 0.4) is 0 Å². The Balaban J connectivity index is 1.98. The van der Waals surface area contributed by atoms with E-state index in [0.717, 1.165) is 11.4 Å². The zero-order valence-corrected chi connectivity index (χ0v) is 16.2. The maximum atomic E-state index is 6.03. The van der Waals surface area contributed by atoms with Gasteiger partial charge in [-0.15, -0.1) is 0 Å². The van der Waals surface area contributed by atoms with Crippen LogP contribution in [0, 0.1) is 0 Å². The molecule has 0 aliphatic heterocycles. The van der Waals surface area contributed by atoms with Crippen LogP contribution in [-0.4, -0.2) is 16.4 Å². The summed E-state index contributed by atoms with van der Waals surface area (Å²) in [6.07, 6.45) is 1.58. The largest absolute Gasteiger partial charge is 0.384 e. The number of allylic oxidation sites excluding steroid dienone is 1. The molecule has 0 atom stereocenters. The number of benzene rings is 1. The highest BCUT2D eigenvalue weighted by molar-refractivity contribution is 9.12. The molecular weight excluding hydrogens is 380 g/mol. The van der Waals surface area contributed by atoms with Gasteiger partial charge in [0.15, 0.2) is 5.82 Å². The van der Waals surface area contributed by atoms with Crippen molar-refractivity contribution in [3.63, 3.8) is 0 Å². The molecule has 0 fully saturated rings. The van der Waals surface area contributed by atoms with Gasteiger partial charge in [-0.05, 0) is 28.1 Å². The van der Waals surface area contributed by atoms with Crippen LogP contribution in [0.4, 0.5) is 11.5 Å². The van der Waals surface area contributed by atoms with Crippen molar-refractivity contribution in [3.8, 4) is 0 Å². The molecule has 1 heterocycles.